The first kappa shape index (κ1) is 16.9. The smallest absolute Gasteiger partial charge is 0.290 e. The summed E-state index contributed by atoms with van der Waals surface area (Å²) in [7, 11) is 0. The number of carbonyl (C=O) groups is 1. The molecule has 1 amide bonds. The Morgan fingerprint density at radius 1 is 1.16 bits per heavy atom. The van der Waals surface area contributed by atoms with Crippen LogP contribution in [0.15, 0.2) is 53.8 Å². The monoisotopic (exact) mass is 334 g/mol. The Morgan fingerprint density at radius 2 is 1.88 bits per heavy atom. The number of hydrogen-bond donors (Lipinski definition) is 1. The second-order valence-corrected chi connectivity index (χ2v) is 7.05. The zero-order valence-corrected chi connectivity index (χ0v) is 14.9. The van der Waals surface area contributed by atoms with E-state index >= 15 is 0 Å². The number of rotatable bonds is 3. The maximum absolute atomic E-state index is 12.4. The fraction of sp³-hybridized carbons (Fsp3) is 0.250. The minimum Gasteiger partial charge on any atom is -0.295 e. The molecule has 0 atom stereocenters. The maximum Gasteiger partial charge on any atom is 0.290 e. The molecular weight excluding hydrogens is 312 g/mol. The number of amides is 1. The van der Waals surface area contributed by atoms with Crippen molar-refractivity contribution in [3.63, 3.8) is 0 Å². The predicted molar refractivity (Wildman–Crippen MR) is 100 cm³/mol. The number of nitrogens with one attached hydrogen (secondary N) is 1. The van der Waals surface area contributed by atoms with Gasteiger partial charge in [-0.15, -0.1) is 0 Å². The van der Waals surface area contributed by atoms with Gasteiger partial charge in [-0.1, -0.05) is 51.1 Å². The molecule has 0 fully saturated rings. The normalized spacial score (nSPS) is 12.0. The van der Waals surface area contributed by atoms with E-state index in [4.69, 9.17) is 0 Å². The van der Waals surface area contributed by atoms with E-state index in [0.29, 0.717) is 11.4 Å². The third-order valence-corrected chi connectivity index (χ3v) is 4.08. The summed E-state index contributed by atoms with van der Waals surface area (Å²) in [6, 6.07) is 13.8. The molecule has 0 spiro atoms. The zero-order chi connectivity index (χ0) is 18.0. The van der Waals surface area contributed by atoms with Gasteiger partial charge in [-0.25, -0.2) is 10.4 Å². The van der Waals surface area contributed by atoms with Crippen molar-refractivity contribution in [2.75, 3.05) is 0 Å². The lowest BCUT2D eigenvalue weighted by molar-refractivity contribution is 0.0948. The molecule has 0 aliphatic heterocycles. The summed E-state index contributed by atoms with van der Waals surface area (Å²) in [5.74, 6) is -0.279. The number of hydrazone groups is 1. The van der Waals surface area contributed by atoms with Gasteiger partial charge in [0.25, 0.3) is 5.91 Å². The van der Waals surface area contributed by atoms with Crippen LogP contribution in [-0.2, 0) is 5.41 Å². The molecule has 128 valence electrons. The van der Waals surface area contributed by atoms with Crippen LogP contribution in [0, 0.1) is 6.92 Å². The third-order valence-electron chi connectivity index (χ3n) is 4.08. The molecule has 0 aliphatic rings. The molecule has 2 heterocycles. The summed E-state index contributed by atoms with van der Waals surface area (Å²) in [5.41, 5.74) is 6.80. The molecule has 0 saturated heterocycles. The van der Waals surface area contributed by atoms with Crippen molar-refractivity contribution >= 4 is 17.8 Å². The zero-order valence-electron chi connectivity index (χ0n) is 14.9. The van der Waals surface area contributed by atoms with Crippen molar-refractivity contribution in [2.45, 2.75) is 33.1 Å². The summed E-state index contributed by atoms with van der Waals surface area (Å²) < 4.78 is 1.76. The summed E-state index contributed by atoms with van der Waals surface area (Å²) in [6.07, 6.45) is 3.46. The first-order valence-corrected chi connectivity index (χ1v) is 8.24. The minimum absolute atomic E-state index is 0.116. The summed E-state index contributed by atoms with van der Waals surface area (Å²) in [4.78, 5) is 16.8. The van der Waals surface area contributed by atoms with Gasteiger partial charge in [0.1, 0.15) is 11.3 Å². The van der Waals surface area contributed by atoms with E-state index in [2.05, 4.69) is 48.4 Å². The molecule has 0 bridgehead atoms. The van der Waals surface area contributed by atoms with Crippen molar-refractivity contribution < 1.29 is 4.79 Å². The lowest BCUT2D eigenvalue weighted by atomic mass is 9.87. The van der Waals surface area contributed by atoms with E-state index in [0.717, 1.165) is 11.2 Å². The third kappa shape index (κ3) is 3.60. The Kier molecular flexibility index (Phi) is 4.40. The number of benzene rings is 1. The number of fused-ring (bicyclic) bond motifs is 1. The van der Waals surface area contributed by atoms with Gasteiger partial charge in [0.2, 0.25) is 0 Å². The summed E-state index contributed by atoms with van der Waals surface area (Å²) >= 11 is 0. The van der Waals surface area contributed by atoms with Gasteiger partial charge in [0, 0.05) is 6.20 Å². The molecule has 0 unspecified atom stereocenters. The van der Waals surface area contributed by atoms with Crippen LogP contribution < -0.4 is 5.43 Å². The number of aromatic nitrogens is 2. The van der Waals surface area contributed by atoms with Crippen LogP contribution in [0.3, 0.4) is 0 Å². The Hall–Kier alpha value is -2.95. The highest BCUT2D eigenvalue weighted by atomic mass is 16.2. The molecule has 3 rings (SSSR count). The molecule has 3 aromatic rings. The summed E-state index contributed by atoms with van der Waals surface area (Å²) in [5, 5.41) is 4.07. The van der Waals surface area contributed by atoms with Crippen LogP contribution in [0.2, 0.25) is 0 Å². The number of imidazole rings is 1. The van der Waals surface area contributed by atoms with Crippen molar-refractivity contribution in [1.29, 1.82) is 0 Å². The van der Waals surface area contributed by atoms with Crippen molar-refractivity contribution in [1.82, 2.24) is 14.8 Å². The van der Waals surface area contributed by atoms with Crippen LogP contribution in [0.25, 0.3) is 5.65 Å². The van der Waals surface area contributed by atoms with E-state index in [1.807, 2.05) is 43.5 Å². The highest BCUT2D eigenvalue weighted by Gasteiger charge is 2.15. The molecule has 0 aliphatic carbocycles. The van der Waals surface area contributed by atoms with Gasteiger partial charge >= 0.3 is 0 Å². The Balaban J connectivity index is 1.73. The fourth-order valence-electron chi connectivity index (χ4n) is 2.67. The van der Waals surface area contributed by atoms with Gasteiger partial charge in [0.15, 0.2) is 0 Å². The molecule has 25 heavy (non-hydrogen) atoms. The van der Waals surface area contributed by atoms with Crippen molar-refractivity contribution in [2.24, 2.45) is 5.10 Å². The Bertz CT molecular complexity index is 930. The quantitative estimate of drug-likeness (QED) is 0.586. The van der Waals surface area contributed by atoms with E-state index in [1.165, 1.54) is 5.56 Å². The SMILES string of the molecule is Cc1nc2ccccn2c1C(=O)N/N=C\c1ccc(C(C)(C)C)cc1. The van der Waals surface area contributed by atoms with E-state index in [-0.39, 0.29) is 11.3 Å². The van der Waals surface area contributed by atoms with Crippen LogP contribution in [0.1, 0.15) is 48.1 Å². The molecular formula is C20H22N4O. The highest BCUT2D eigenvalue weighted by Crippen LogP contribution is 2.21. The first-order valence-electron chi connectivity index (χ1n) is 8.24. The molecule has 5 heteroatoms. The summed E-state index contributed by atoms with van der Waals surface area (Å²) in [6.45, 7) is 8.34. The number of nitrogens with zero attached hydrogens (tertiary/aromatic N) is 3. The van der Waals surface area contributed by atoms with E-state index < -0.39 is 0 Å². The number of carbonyl (C=O) groups excluding carboxylic acids is 1. The van der Waals surface area contributed by atoms with Gasteiger partial charge < -0.3 is 0 Å². The van der Waals surface area contributed by atoms with E-state index in [1.54, 1.807) is 10.6 Å². The molecule has 1 aromatic carbocycles. The molecule has 0 saturated carbocycles. The standard InChI is InChI=1S/C20H22N4O/c1-14-18(24-12-6-5-7-17(24)22-14)19(25)23-21-13-15-8-10-16(11-9-15)20(2,3)4/h5-13H,1-4H3,(H,23,25)/b21-13-. The first-order chi connectivity index (χ1) is 11.9. The average molecular weight is 334 g/mol. The van der Waals surface area contributed by atoms with Crippen molar-refractivity contribution in [3.8, 4) is 0 Å². The molecule has 1 N–H and O–H groups in total. The van der Waals surface area contributed by atoms with Crippen LogP contribution in [0.4, 0.5) is 0 Å². The predicted octanol–water partition coefficient (Wildman–Crippen LogP) is 3.70. The van der Waals surface area contributed by atoms with Gasteiger partial charge in [0.05, 0.1) is 11.9 Å². The largest absolute Gasteiger partial charge is 0.295 e. The van der Waals surface area contributed by atoms with Crippen LogP contribution >= 0.6 is 0 Å². The number of pyridine rings is 1. The molecule has 2 aromatic heterocycles. The van der Waals surface area contributed by atoms with Gasteiger partial charge in [-0.2, -0.15) is 5.10 Å². The number of hydrogen-bond acceptors (Lipinski definition) is 3. The molecule has 5 nitrogen and oxygen atoms in total. The fourth-order valence-corrected chi connectivity index (χ4v) is 2.67. The van der Waals surface area contributed by atoms with Crippen LogP contribution in [0.5, 0.6) is 0 Å². The lowest BCUT2D eigenvalue weighted by Crippen LogP contribution is -2.20. The molecule has 0 radical (unpaired) electrons. The van der Waals surface area contributed by atoms with Crippen LogP contribution in [-0.4, -0.2) is 21.5 Å². The Morgan fingerprint density at radius 3 is 2.56 bits per heavy atom. The van der Waals surface area contributed by atoms with E-state index in [9.17, 15) is 4.79 Å². The average Bonchev–Trinajstić information content (AvgIpc) is 2.90. The second-order valence-electron chi connectivity index (χ2n) is 7.05. The topological polar surface area (TPSA) is 58.8 Å². The lowest BCUT2D eigenvalue weighted by Gasteiger charge is -2.18. The highest BCUT2D eigenvalue weighted by molar-refractivity contribution is 5.95. The maximum atomic E-state index is 12.4. The van der Waals surface area contributed by atoms with Gasteiger partial charge in [-0.3, -0.25) is 9.20 Å². The second kappa shape index (κ2) is 6.51. The minimum atomic E-state index is -0.279. The van der Waals surface area contributed by atoms with Crippen molar-refractivity contribution in [3.05, 3.63) is 71.2 Å². The number of aryl methyl sites for hydroxylation is 1. The van der Waals surface area contributed by atoms with Gasteiger partial charge in [-0.05, 0) is 35.6 Å². The Labute approximate surface area is 147 Å².